The van der Waals surface area contributed by atoms with Crippen molar-refractivity contribution >= 4 is 10.0 Å². The fourth-order valence-electron chi connectivity index (χ4n) is 0.901. The van der Waals surface area contributed by atoms with E-state index in [-0.39, 0.29) is 0 Å². The number of pyridine rings is 1. The average Bonchev–Trinajstić information content (AvgIpc) is 2.06. The molecule has 0 amide bonds. The molecule has 0 saturated carbocycles. The minimum atomic E-state index is -4.71. The molecule has 1 rings (SSSR count). The number of aromatic hydroxyl groups is 1. The van der Waals surface area contributed by atoms with Gasteiger partial charge in [-0.1, -0.05) is 0 Å². The summed E-state index contributed by atoms with van der Waals surface area (Å²) in [5.41, 5.74) is -1.33. The van der Waals surface area contributed by atoms with E-state index in [9.17, 15) is 21.6 Å². The second-order valence-electron chi connectivity index (χ2n) is 2.52. The number of hydrogen-bond donors (Lipinski definition) is 2. The second-order valence-corrected chi connectivity index (χ2v) is 4.02. The molecule has 0 unspecified atom stereocenters. The molecule has 0 aliphatic rings. The number of hydrogen-bond acceptors (Lipinski definition) is 4. The summed E-state index contributed by atoms with van der Waals surface area (Å²) in [6.45, 7) is 0. The van der Waals surface area contributed by atoms with Gasteiger partial charge in [-0.15, -0.1) is 0 Å². The highest BCUT2D eigenvalue weighted by Crippen LogP contribution is 2.29. The van der Waals surface area contributed by atoms with Crippen LogP contribution in [0.1, 0.15) is 12.1 Å². The van der Waals surface area contributed by atoms with Gasteiger partial charge in [0, 0.05) is 0 Å². The molecule has 0 spiro atoms. The molecular formula is C6H5F3N2O3S. The van der Waals surface area contributed by atoms with E-state index in [2.05, 4.69) is 10.1 Å². The summed E-state index contributed by atoms with van der Waals surface area (Å²) >= 11 is 0. The Bertz CT molecular complexity index is 489. The SMILES string of the molecule is NS(=O)(=O)c1c(C(F)F)ncc(O)c1F. The number of aromatic nitrogens is 1. The Balaban J connectivity index is 3.65. The normalized spacial score (nSPS) is 12.1. The Morgan fingerprint density at radius 2 is 2.00 bits per heavy atom. The molecular weight excluding hydrogens is 237 g/mol. The number of primary sulfonamides is 1. The first-order valence-corrected chi connectivity index (χ1v) is 4.98. The van der Waals surface area contributed by atoms with Crippen molar-refractivity contribution < 1.29 is 26.7 Å². The van der Waals surface area contributed by atoms with Gasteiger partial charge in [0.2, 0.25) is 10.0 Å². The van der Waals surface area contributed by atoms with Crippen molar-refractivity contribution in [3.63, 3.8) is 0 Å². The molecule has 84 valence electrons. The predicted molar refractivity (Wildman–Crippen MR) is 42.2 cm³/mol. The van der Waals surface area contributed by atoms with Crippen LogP contribution in [0.4, 0.5) is 13.2 Å². The van der Waals surface area contributed by atoms with E-state index in [1.165, 1.54) is 0 Å². The maximum absolute atomic E-state index is 13.0. The van der Waals surface area contributed by atoms with Crippen LogP contribution in [0, 0.1) is 5.82 Å². The number of rotatable bonds is 2. The molecule has 15 heavy (non-hydrogen) atoms. The Hall–Kier alpha value is -1.35. The van der Waals surface area contributed by atoms with Gasteiger partial charge in [0.05, 0.1) is 6.20 Å². The smallest absolute Gasteiger partial charge is 0.281 e. The Morgan fingerprint density at radius 1 is 1.47 bits per heavy atom. The lowest BCUT2D eigenvalue weighted by molar-refractivity contribution is 0.140. The van der Waals surface area contributed by atoms with Gasteiger partial charge >= 0.3 is 0 Å². The summed E-state index contributed by atoms with van der Waals surface area (Å²) < 4.78 is 59.1. The van der Waals surface area contributed by atoms with E-state index in [1.54, 1.807) is 0 Å². The molecule has 0 aromatic carbocycles. The van der Waals surface area contributed by atoms with Crippen LogP contribution in [0.15, 0.2) is 11.1 Å². The van der Waals surface area contributed by atoms with Crippen molar-refractivity contribution in [3.05, 3.63) is 17.7 Å². The zero-order valence-corrected chi connectivity index (χ0v) is 7.80. The lowest BCUT2D eigenvalue weighted by atomic mass is 10.3. The topological polar surface area (TPSA) is 93.3 Å². The minimum Gasteiger partial charge on any atom is -0.504 e. The van der Waals surface area contributed by atoms with Crippen LogP contribution in [-0.2, 0) is 10.0 Å². The van der Waals surface area contributed by atoms with Gasteiger partial charge in [-0.05, 0) is 0 Å². The molecule has 0 fully saturated rings. The molecule has 0 radical (unpaired) electrons. The Morgan fingerprint density at radius 3 is 2.40 bits per heavy atom. The second kappa shape index (κ2) is 3.66. The molecule has 1 aromatic heterocycles. The number of halogens is 3. The third kappa shape index (κ3) is 2.18. The minimum absolute atomic E-state index is 0.380. The summed E-state index contributed by atoms with van der Waals surface area (Å²) in [6.07, 6.45) is -2.93. The number of sulfonamides is 1. The monoisotopic (exact) mass is 242 g/mol. The molecule has 3 N–H and O–H groups in total. The van der Waals surface area contributed by atoms with Gasteiger partial charge in [0.15, 0.2) is 11.6 Å². The molecule has 0 bridgehead atoms. The standard InChI is InChI=1S/C6H5F3N2O3S/c7-3-2(12)1-11-4(6(8)9)5(3)15(10,13)14/h1,6,12H,(H2,10,13,14). The fourth-order valence-corrected chi connectivity index (χ4v) is 1.69. The largest absolute Gasteiger partial charge is 0.504 e. The molecule has 0 aliphatic carbocycles. The van der Waals surface area contributed by atoms with Crippen molar-refractivity contribution in [2.24, 2.45) is 5.14 Å². The van der Waals surface area contributed by atoms with E-state index < -0.39 is 38.6 Å². The molecule has 0 aliphatic heterocycles. The molecule has 0 atom stereocenters. The Kier molecular flexibility index (Phi) is 2.86. The van der Waals surface area contributed by atoms with Crippen LogP contribution in [0.2, 0.25) is 0 Å². The summed E-state index contributed by atoms with van der Waals surface area (Å²) in [6, 6.07) is 0. The lowest BCUT2D eigenvalue weighted by Gasteiger charge is -2.07. The van der Waals surface area contributed by atoms with Gasteiger partial charge in [-0.25, -0.2) is 31.7 Å². The summed E-state index contributed by atoms with van der Waals surface area (Å²) in [7, 11) is -4.71. The third-order valence-corrected chi connectivity index (χ3v) is 2.43. The van der Waals surface area contributed by atoms with Crippen molar-refractivity contribution in [3.8, 4) is 5.75 Å². The number of nitrogens with zero attached hydrogens (tertiary/aromatic N) is 1. The van der Waals surface area contributed by atoms with Gasteiger partial charge in [-0.2, -0.15) is 0 Å². The number of nitrogens with two attached hydrogens (primary N) is 1. The molecule has 1 aromatic rings. The van der Waals surface area contributed by atoms with Crippen molar-refractivity contribution in [1.82, 2.24) is 4.98 Å². The van der Waals surface area contributed by atoms with E-state index in [0.29, 0.717) is 6.20 Å². The maximum Gasteiger partial charge on any atom is 0.281 e. The van der Waals surface area contributed by atoms with E-state index in [1.807, 2.05) is 0 Å². The molecule has 0 saturated heterocycles. The molecule has 1 heterocycles. The average molecular weight is 242 g/mol. The van der Waals surface area contributed by atoms with E-state index in [0.717, 1.165) is 0 Å². The van der Waals surface area contributed by atoms with Crippen molar-refractivity contribution in [2.45, 2.75) is 11.3 Å². The van der Waals surface area contributed by atoms with Crippen LogP contribution in [0.3, 0.4) is 0 Å². The first-order valence-electron chi connectivity index (χ1n) is 3.43. The zero-order chi connectivity index (χ0) is 11.8. The molecule has 9 heteroatoms. The summed E-state index contributed by atoms with van der Waals surface area (Å²) in [4.78, 5) is 1.42. The first kappa shape index (κ1) is 11.7. The highest BCUT2D eigenvalue weighted by Gasteiger charge is 2.28. The van der Waals surface area contributed by atoms with Gasteiger partial charge in [0.1, 0.15) is 10.6 Å². The first-order chi connectivity index (χ1) is 6.75. The van der Waals surface area contributed by atoms with Gasteiger partial charge in [0.25, 0.3) is 6.43 Å². The zero-order valence-electron chi connectivity index (χ0n) is 6.99. The molecule has 5 nitrogen and oxygen atoms in total. The number of alkyl halides is 2. The highest BCUT2D eigenvalue weighted by molar-refractivity contribution is 7.89. The predicted octanol–water partition coefficient (Wildman–Crippen LogP) is 0.511. The quantitative estimate of drug-likeness (QED) is 0.790. The van der Waals surface area contributed by atoms with Crippen LogP contribution in [-0.4, -0.2) is 18.5 Å². The van der Waals surface area contributed by atoms with E-state index >= 15 is 0 Å². The van der Waals surface area contributed by atoms with Crippen LogP contribution in [0.5, 0.6) is 5.75 Å². The van der Waals surface area contributed by atoms with Crippen LogP contribution in [0.25, 0.3) is 0 Å². The van der Waals surface area contributed by atoms with E-state index in [4.69, 9.17) is 5.11 Å². The van der Waals surface area contributed by atoms with Crippen LogP contribution < -0.4 is 5.14 Å². The van der Waals surface area contributed by atoms with Gasteiger partial charge in [-0.3, -0.25) is 0 Å². The summed E-state index contributed by atoms with van der Waals surface area (Å²) in [5, 5.41) is 13.3. The van der Waals surface area contributed by atoms with Gasteiger partial charge < -0.3 is 5.11 Å². The highest BCUT2D eigenvalue weighted by atomic mass is 32.2. The lowest BCUT2D eigenvalue weighted by Crippen LogP contribution is -2.18. The van der Waals surface area contributed by atoms with Crippen molar-refractivity contribution in [1.29, 1.82) is 0 Å². The van der Waals surface area contributed by atoms with Crippen molar-refractivity contribution in [2.75, 3.05) is 0 Å². The fraction of sp³-hybridized carbons (Fsp3) is 0.167. The van der Waals surface area contributed by atoms with Crippen LogP contribution >= 0.6 is 0 Å². The summed E-state index contributed by atoms with van der Waals surface area (Å²) in [5.74, 6) is -2.90. The third-order valence-electron chi connectivity index (χ3n) is 1.47. The Labute approximate surface area is 82.4 Å². The maximum atomic E-state index is 13.0.